The Bertz CT molecular complexity index is 744. The molecule has 2 aromatic heterocycles. The van der Waals surface area contributed by atoms with E-state index in [0.717, 1.165) is 45.9 Å². The minimum absolute atomic E-state index is 0.786. The Kier molecular flexibility index (Phi) is 4.29. The van der Waals surface area contributed by atoms with Gasteiger partial charge in [0, 0.05) is 23.4 Å². The molecule has 0 saturated carbocycles. The standard InChI is InChI=1S/C16H18N4OS/c1-4-20-15(13-8-6-5-7-9-13)17-18-16(20)22-10-14-11(2)19-21-12(14)3/h5-9H,4,10H2,1-3H3. The van der Waals surface area contributed by atoms with Crippen LogP contribution in [0.1, 0.15) is 23.9 Å². The molecule has 0 atom stereocenters. The molecule has 1 aromatic carbocycles. The zero-order valence-electron chi connectivity index (χ0n) is 12.9. The number of hydrogen-bond acceptors (Lipinski definition) is 5. The molecule has 6 heteroatoms. The van der Waals surface area contributed by atoms with E-state index < -0.39 is 0 Å². The lowest BCUT2D eigenvalue weighted by Gasteiger charge is -2.07. The van der Waals surface area contributed by atoms with E-state index in [1.165, 1.54) is 0 Å². The van der Waals surface area contributed by atoms with Gasteiger partial charge in [-0.1, -0.05) is 47.3 Å². The summed E-state index contributed by atoms with van der Waals surface area (Å²) >= 11 is 1.66. The average molecular weight is 314 g/mol. The van der Waals surface area contributed by atoms with Gasteiger partial charge in [0.25, 0.3) is 0 Å². The first-order valence-corrected chi connectivity index (χ1v) is 8.22. The predicted molar refractivity (Wildman–Crippen MR) is 86.7 cm³/mol. The minimum atomic E-state index is 0.786. The maximum atomic E-state index is 5.21. The Labute approximate surface area is 133 Å². The SMILES string of the molecule is CCn1c(SCc2c(C)noc2C)nnc1-c1ccccc1. The first-order chi connectivity index (χ1) is 10.7. The van der Waals surface area contributed by atoms with E-state index >= 15 is 0 Å². The lowest BCUT2D eigenvalue weighted by molar-refractivity contribution is 0.392. The summed E-state index contributed by atoms with van der Waals surface area (Å²) in [4.78, 5) is 0. The predicted octanol–water partition coefficient (Wildman–Crippen LogP) is 3.86. The van der Waals surface area contributed by atoms with Crippen LogP contribution in [0.3, 0.4) is 0 Å². The van der Waals surface area contributed by atoms with Gasteiger partial charge in [0.15, 0.2) is 11.0 Å². The van der Waals surface area contributed by atoms with E-state index in [-0.39, 0.29) is 0 Å². The molecule has 0 amide bonds. The monoisotopic (exact) mass is 314 g/mol. The number of thioether (sulfide) groups is 1. The molecule has 2 heterocycles. The minimum Gasteiger partial charge on any atom is -0.361 e. The number of benzene rings is 1. The van der Waals surface area contributed by atoms with Gasteiger partial charge in [-0.3, -0.25) is 0 Å². The van der Waals surface area contributed by atoms with Crippen LogP contribution in [0, 0.1) is 13.8 Å². The molecule has 114 valence electrons. The van der Waals surface area contributed by atoms with Crippen molar-refractivity contribution in [3.63, 3.8) is 0 Å². The van der Waals surface area contributed by atoms with Gasteiger partial charge in [-0.05, 0) is 20.8 Å². The first-order valence-electron chi connectivity index (χ1n) is 7.24. The normalized spacial score (nSPS) is 11.0. The molecular formula is C16H18N4OS. The number of nitrogens with zero attached hydrogens (tertiary/aromatic N) is 4. The highest BCUT2D eigenvalue weighted by atomic mass is 32.2. The summed E-state index contributed by atoms with van der Waals surface area (Å²) in [6.45, 7) is 6.85. The van der Waals surface area contributed by atoms with Crippen molar-refractivity contribution in [1.29, 1.82) is 0 Å². The number of hydrogen-bond donors (Lipinski definition) is 0. The van der Waals surface area contributed by atoms with Crippen LogP contribution in [0.15, 0.2) is 40.0 Å². The molecule has 0 saturated heterocycles. The second-order valence-electron chi connectivity index (χ2n) is 5.01. The lowest BCUT2D eigenvalue weighted by atomic mass is 10.2. The zero-order valence-corrected chi connectivity index (χ0v) is 13.7. The second kappa shape index (κ2) is 6.36. The summed E-state index contributed by atoms with van der Waals surface area (Å²) in [7, 11) is 0. The molecule has 0 fully saturated rings. The van der Waals surface area contributed by atoms with Crippen LogP contribution in [-0.4, -0.2) is 19.9 Å². The van der Waals surface area contributed by atoms with Gasteiger partial charge >= 0.3 is 0 Å². The molecular weight excluding hydrogens is 296 g/mol. The van der Waals surface area contributed by atoms with Gasteiger partial charge in [0.2, 0.25) is 0 Å². The Morgan fingerprint density at radius 2 is 1.91 bits per heavy atom. The second-order valence-corrected chi connectivity index (χ2v) is 5.95. The fraction of sp³-hybridized carbons (Fsp3) is 0.312. The van der Waals surface area contributed by atoms with Gasteiger partial charge in [-0.2, -0.15) is 0 Å². The van der Waals surface area contributed by atoms with Crippen molar-refractivity contribution in [3.8, 4) is 11.4 Å². The van der Waals surface area contributed by atoms with Crippen molar-refractivity contribution in [2.75, 3.05) is 0 Å². The molecule has 3 rings (SSSR count). The highest BCUT2D eigenvalue weighted by molar-refractivity contribution is 7.98. The van der Waals surface area contributed by atoms with E-state index in [4.69, 9.17) is 4.52 Å². The van der Waals surface area contributed by atoms with Gasteiger partial charge in [0.05, 0.1) is 5.69 Å². The van der Waals surface area contributed by atoms with Crippen LogP contribution in [0.2, 0.25) is 0 Å². The van der Waals surface area contributed by atoms with E-state index in [1.54, 1.807) is 11.8 Å². The molecule has 0 bridgehead atoms. The molecule has 22 heavy (non-hydrogen) atoms. The smallest absolute Gasteiger partial charge is 0.191 e. The van der Waals surface area contributed by atoms with E-state index in [0.29, 0.717) is 0 Å². The van der Waals surface area contributed by atoms with Crippen LogP contribution in [0.4, 0.5) is 0 Å². The maximum absolute atomic E-state index is 5.21. The summed E-state index contributed by atoms with van der Waals surface area (Å²) in [5.74, 6) is 2.56. The van der Waals surface area contributed by atoms with Crippen molar-refractivity contribution in [2.24, 2.45) is 0 Å². The highest BCUT2D eigenvalue weighted by Gasteiger charge is 2.15. The molecule has 0 unspecified atom stereocenters. The Hall–Kier alpha value is -2.08. The molecule has 0 N–H and O–H groups in total. The lowest BCUT2D eigenvalue weighted by Crippen LogP contribution is -2.00. The Morgan fingerprint density at radius 3 is 2.55 bits per heavy atom. The van der Waals surface area contributed by atoms with Gasteiger partial charge in [-0.15, -0.1) is 10.2 Å². The van der Waals surface area contributed by atoms with Crippen LogP contribution in [0.25, 0.3) is 11.4 Å². The van der Waals surface area contributed by atoms with Crippen molar-refractivity contribution in [3.05, 3.63) is 47.3 Å². The summed E-state index contributed by atoms with van der Waals surface area (Å²) in [6, 6.07) is 10.1. The highest BCUT2D eigenvalue weighted by Crippen LogP contribution is 2.28. The fourth-order valence-electron chi connectivity index (χ4n) is 2.33. The number of rotatable bonds is 5. The van der Waals surface area contributed by atoms with Gasteiger partial charge in [0.1, 0.15) is 5.76 Å². The topological polar surface area (TPSA) is 56.7 Å². The van der Waals surface area contributed by atoms with E-state index in [9.17, 15) is 0 Å². The molecule has 0 spiro atoms. The molecule has 5 nitrogen and oxygen atoms in total. The van der Waals surface area contributed by atoms with Crippen LogP contribution >= 0.6 is 11.8 Å². The van der Waals surface area contributed by atoms with Crippen molar-refractivity contribution in [1.82, 2.24) is 19.9 Å². The van der Waals surface area contributed by atoms with Crippen molar-refractivity contribution < 1.29 is 4.52 Å². The summed E-state index contributed by atoms with van der Waals surface area (Å²) < 4.78 is 7.35. The largest absolute Gasteiger partial charge is 0.361 e. The molecule has 0 aliphatic rings. The van der Waals surface area contributed by atoms with E-state index in [1.807, 2.05) is 32.0 Å². The van der Waals surface area contributed by atoms with Crippen LogP contribution < -0.4 is 0 Å². The molecule has 0 radical (unpaired) electrons. The van der Waals surface area contributed by atoms with Gasteiger partial charge in [-0.25, -0.2) is 0 Å². The number of aromatic nitrogens is 4. The molecule has 0 aliphatic heterocycles. The van der Waals surface area contributed by atoms with E-state index in [2.05, 4.69) is 39.0 Å². The summed E-state index contributed by atoms with van der Waals surface area (Å²) in [5, 5.41) is 13.6. The van der Waals surface area contributed by atoms with Gasteiger partial charge < -0.3 is 9.09 Å². The average Bonchev–Trinajstić information content (AvgIpc) is 3.10. The third-order valence-corrected chi connectivity index (χ3v) is 4.59. The summed E-state index contributed by atoms with van der Waals surface area (Å²) in [6.07, 6.45) is 0. The van der Waals surface area contributed by atoms with Crippen molar-refractivity contribution >= 4 is 11.8 Å². The third kappa shape index (κ3) is 2.78. The quantitative estimate of drug-likeness (QED) is 0.669. The Balaban J connectivity index is 1.85. The zero-order chi connectivity index (χ0) is 15.5. The summed E-state index contributed by atoms with van der Waals surface area (Å²) in [5.41, 5.74) is 3.16. The Morgan fingerprint density at radius 1 is 1.14 bits per heavy atom. The maximum Gasteiger partial charge on any atom is 0.191 e. The van der Waals surface area contributed by atoms with Crippen LogP contribution in [-0.2, 0) is 12.3 Å². The number of aryl methyl sites for hydroxylation is 2. The van der Waals surface area contributed by atoms with Crippen LogP contribution in [0.5, 0.6) is 0 Å². The van der Waals surface area contributed by atoms with Crippen molar-refractivity contribution in [2.45, 2.75) is 38.2 Å². The molecule has 0 aliphatic carbocycles. The fourth-order valence-corrected chi connectivity index (χ4v) is 3.48. The molecule has 3 aromatic rings. The first kappa shape index (κ1) is 14.8. The third-order valence-electron chi connectivity index (χ3n) is 3.59.